The topological polar surface area (TPSA) is 30.7 Å². The fourth-order valence-electron chi connectivity index (χ4n) is 2.61. The molecule has 3 nitrogen and oxygen atoms in total. The maximum Gasteiger partial charge on any atom is 0.225 e. The second kappa shape index (κ2) is 5.61. The Morgan fingerprint density at radius 3 is 2.65 bits per heavy atom. The van der Waals surface area contributed by atoms with E-state index in [0.29, 0.717) is 10.0 Å². The molecule has 1 aromatic heterocycles. The summed E-state index contributed by atoms with van der Waals surface area (Å²) in [5.41, 5.74) is 0. The Balaban J connectivity index is 2.19. The molecule has 1 heterocycles. The zero-order valence-corrected chi connectivity index (χ0v) is 12.2. The number of thioether (sulfide) groups is 1. The molecule has 1 saturated carbocycles. The van der Waals surface area contributed by atoms with Crippen molar-refractivity contribution in [3.05, 3.63) is 11.1 Å². The lowest BCUT2D eigenvalue weighted by molar-refractivity contribution is 0.491. The van der Waals surface area contributed by atoms with Gasteiger partial charge in [0.1, 0.15) is 5.82 Å². The molecule has 1 fully saturated rings. The van der Waals surface area contributed by atoms with Gasteiger partial charge in [-0.2, -0.15) is 11.8 Å². The van der Waals surface area contributed by atoms with Gasteiger partial charge in [-0.15, -0.1) is 10.2 Å². The minimum atomic E-state index is 0.356. The Morgan fingerprint density at radius 1 is 1.35 bits per heavy atom. The van der Waals surface area contributed by atoms with Crippen molar-refractivity contribution in [2.75, 3.05) is 6.26 Å². The number of aryl methyl sites for hydroxylation is 1. The first-order valence-corrected chi connectivity index (χ1v) is 7.94. The molecule has 1 aliphatic rings. The van der Waals surface area contributed by atoms with E-state index >= 15 is 0 Å². The summed E-state index contributed by atoms with van der Waals surface area (Å²) < 4.78 is 2.47. The van der Waals surface area contributed by atoms with E-state index in [0.717, 1.165) is 25.2 Å². The van der Waals surface area contributed by atoms with E-state index in [1.54, 1.807) is 0 Å². The van der Waals surface area contributed by atoms with E-state index in [-0.39, 0.29) is 0 Å². The zero-order valence-electron chi connectivity index (χ0n) is 10.6. The van der Waals surface area contributed by atoms with Gasteiger partial charge < -0.3 is 4.57 Å². The Kier molecular flexibility index (Phi) is 4.36. The van der Waals surface area contributed by atoms with Gasteiger partial charge in [0.05, 0.1) is 0 Å². The monoisotopic (exact) mass is 273 g/mol. The minimum absolute atomic E-state index is 0.356. The fraction of sp³-hybridized carbons (Fsp3) is 0.833. The first kappa shape index (κ1) is 13.2. The second-order valence-corrected chi connectivity index (χ2v) is 6.43. The number of rotatable bonds is 5. The van der Waals surface area contributed by atoms with Crippen molar-refractivity contribution < 1.29 is 0 Å². The van der Waals surface area contributed by atoms with E-state index < -0.39 is 0 Å². The molecular formula is C12H20ClN3S. The second-order valence-electron chi connectivity index (χ2n) is 4.82. The van der Waals surface area contributed by atoms with Crippen molar-refractivity contribution in [3.63, 3.8) is 0 Å². The third-order valence-corrected chi connectivity index (χ3v) is 5.33. The average molecular weight is 274 g/mol. The van der Waals surface area contributed by atoms with E-state index in [4.69, 9.17) is 11.6 Å². The molecule has 5 heteroatoms. The van der Waals surface area contributed by atoms with E-state index in [1.165, 1.54) is 25.7 Å². The standard InChI is InChI=1S/C12H20ClN3S/c1-3-6-10-14-15-11(13)16(10)9-12(17-2)7-4-5-8-12/h3-9H2,1-2H3. The van der Waals surface area contributed by atoms with Crippen molar-refractivity contribution >= 4 is 23.4 Å². The summed E-state index contributed by atoms with van der Waals surface area (Å²) in [6, 6.07) is 0. The summed E-state index contributed by atoms with van der Waals surface area (Å²) in [5, 5.41) is 8.75. The van der Waals surface area contributed by atoms with E-state index in [2.05, 4.69) is 27.9 Å². The molecule has 0 amide bonds. The van der Waals surface area contributed by atoms with Gasteiger partial charge in [-0.25, -0.2) is 0 Å². The summed E-state index contributed by atoms with van der Waals surface area (Å²) in [7, 11) is 0. The highest BCUT2D eigenvalue weighted by Gasteiger charge is 2.34. The highest BCUT2D eigenvalue weighted by molar-refractivity contribution is 8.00. The molecule has 17 heavy (non-hydrogen) atoms. The van der Waals surface area contributed by atoms with Crippen molar-refractivity contribution in [1.82, 2.24) is 14.8 Å². The SMILES string of the molecule is CCCc1nnc(Cl)n1CC1(SC)CCCC1. The lowest BCUT2D eigenvalue weighted by Crippen LogP contribution is -2.28. The minimum Gasteiger partial charge on any atom is -0.300 e. The Morgan fingerprint density at radius 2 is 2.06 bits per heavy atom. The molecule has 0 bridgehead atoms. The molecule has 1 aliphatic carbocycles. The van der Waals surface area contributed by atoms with Crippen LogP contribution >= 0.6 is 23.4 Å². The van der Waals surface area contributed by atoms with Crippen LogP contribution in [0.3, 0.4) is 0 Å². The highest BCUT2D eigenvalue weighted by atomic mass is 35.5. The van der Waals surface area contributed by atoms with Crippen LogP contribution in [0.2, 0.25) is 5.28 Å². The van der Waals surface area contributed by atoms with E-state index in [9.17, 15) is 0 Å². The summed E-state index contributed by atoms with van der Waals surface area (Å²) in [4.78, 5) is 0. The summed E-state index contributed by atoms with van der Waals surface area (Å²) in [6.45, 7) is 3.13. The predicted molar refractivity (Wildman–Crippen MR) is 73.7 cm³/mol. The molecule has 96 valence electrons. The summed E-state index contributed by atoms with van der Waals surface area (Å²) >= 11 is 8.14. The predicted octanol–water partition coefficient (Wildman–Crippen LogP) is 3.56. The number of hydrogen-bond donors (Lipinski definition) is 0. The first-order valence-electron chi connectivity index (χ1n) is 6.33. The van der Waals surface area contributed by atoms with Crippen molar-refractivity contribution in [1.29, 1.82) is 0 Å². The number of halogens is 1. The number of nitrogens with zero attached hydrogens (tertiary/aromatic N) is 3. The van der Waals surface area contributed by atoms with Crippen molar-refractivity contribution in [3.8, 4) is 0 Å². The molecule has 0 saturated heterocycles. The molecule has 0 spiro atoms. The van der Waals surface area contributed by atoms with Crippen molar-refractivity contribution in [2.24, 2.45) is 0 Å². The van der Waals surface area contributed by atoms with Gasteiger partial charge in [0, 0.05) is 17.7 Å². The zero-order chi connectivity index (χ0) is 12.3. The van der Waals surface area contributed by atoms with Gasteiger partial charge >= 0.3 is 0 Å². The third-order valence-electron chi connectivity index (χ3n) is 3.65. The Hall–Kier alpha value is -0.220. The van der Waals surface area contributed by atoms with E-state index in [1.807, 2.05) is 11.8 Å². The number of aromatic nitrogens is 3. The fourth-order valence-corrected chi connectivity index (χ4v) is 3.76. The lowest BCUT2D eigenvalue weighted by Gasteiger charge is -2.27. The van der Waals surface area contributed by atoms with Gasteiger partial charge in [0.2, 0.25) is 5.28 Å². The molecule has 0 unspecified atom stereocenters. The molecule has 0 aromatic carbocycles. The molecule has 2 rings (SSSR count). The maximum absolute atomic E-state index is 6.16. The van der Waals surface area contributed by atoms with Crippen LogP contribution in [0.15, 0.2) is 0 Å². The maximum atomic E-state index is 6.16. The first-order chi connectivity index (χ1) is 8.21. The normalized spacial score (nSPS) is 18.8. The Labute approximate surface area is 112 Å². The molecular weight excluding hydrogens is 254 g/mol. The van der Waals surface area contributed by atoms with Crippen LogP contribution in [0.4, 0.5) is 0 Å². The molecule has 0 aliphatic heterocycles. The molecule has 1 aromatic rings. The number of hydrogen-bond acceptors (Lipinski definition) is 3. The van der Waals surface area contributed by atoms with Gasteiger partial charge in [-0.1, -0.05) is 19.8 Å². The Bertz CT molecular complexity index is 372. The smallest absolute Gasteiger partial charge is 0.225 e. The highest BCUT2D eigenvalue weighted by Crippen LogP contribution is 2.42. The van der Waals surface area contributed by atoms with Crippen LogP contribution in [0, 0.1) is 0 Å². The van der Waals surface area contributed by atoms with Crippen LogP contribution in [-0.2, 0) is 13.0 Å². The van der Waals surface area contributed by atoms with Gasteiger partial charge in [-0.05, 0) is 37.1 Å². The lowest BCUT2D eigenvalue weighted by atomic mass is 10.1. The quantitative estimate of drug-likeness (QED) is 0.822. The van der Waals surface area contributed by atoms with Crippen LogP contribution in [0.25, 0.3) is 0 Å². The van der Waals surface area contributed by atoms with Gasteiger partial charge in [-0.3, -0.25) is 0 Å². The third kappa shape index (κ3) is 2.79. The van der Waals surface area contributed by atoms with Crippen molar-refractivity contribution in [2.45, 2.75) is 56.7 Å². The largest absolute Gasteiger partial charge is 0.300 e. The average Bonchev–Trinajstić information content (AvgIpc) is 2.92. The van der Waals surface area contributed by atoms with Crippen LogP contribution in [-0.4, -0.2) is 25.8 Å². The molecule has 0 radical (unpaired) electrons. The van der Waals surface area contributed by atoms with Crippen LogP contribution < -0.4 is 0 Å². The molecule has 0 N–H and O–H groups in total. The van der Waals surface area contributed by atoms with Crippen LogP contribution in [0.5, 0.6) is 0 Å². The van der Waals surface area contributed by atoms with Gasteiger partial charge in [0.25, 0.3) is 0 Å². The van der Waals surface area contributed by atoms with Crippen LogP contribution in [0.1, 0.15) is 44.9 Å². The summed E-state index contributed by atoms with van der Waals surface area (Å²) in [6.07, 6.45) is 9.50. The molecule has 0 atom stereocenters. The van der Waals surface area contributed by atoms with Gasteiger partial charge in [0.15, 0.2) is 0 Å². The summed E-state index contributed by atoms with van der Waals surface area (Å²) in [5.74, 6) is 1.04.